The number of hydrogen-bond acceptors (Lipinski definition) is 4. The van der Waals surface area contributed by atoms with E-state index in [2.05, 4.69) is 11.6 Å². The van der Waals surface area contributed by atoms with Crippen molar-refractivity contribution in [2.45, 2.75) is 19.1 Å². The van der Waals surface area contributed by atoms with Crippen LogP contribution in [0.1, 0.15) is 13.8 Å². The number of carbonyl (C=O) groups excluding carboxylic acids is 1. The molecule has 0 aliphatic rings. The molecule has 1 heterocycles. The average molecular weight is 334 g/mol. The largest absolute Gasteiger partial charge is 0.431 e. The van der Waals surface area contributed by atoms with Crippen molar-refractivity contribution in [3.05, 3.63) is 48.4 Å². The molecule has 0 atom stereocenters. The molecule has 0 aliphatic carbocycles. The Bertz CT molecular complexity index is 682. The van der Waals surface area contributed by atoms with E-state index in [0.29, 0.717) is 24.1 Å². The van der Waals surface area contributed by atoms with Crippen molar-refractivity contribution in [3.63, 3.8) is 0 Å². The molecule has 0 N–H and O–H groups in total. The van der Waals surface area contributed by atoms with Crippen LogP contribution in [0.5, 0.6) is 0 Å². The summed E-state index contributed by atoms with van der Waals surface area (Å²) in [5.41, 5.74) is 1.69. The second-order valence-corrected chi connectivity index (χ2v) is 6.08. The van der Waals surface area contributed by atoms with Gasteiger partial charge in [-0.25, -0.2) is 9.37 Å². The smallest absolute Gasteiger partial charge is 0.256 e. The summed E-state index contributed by atoms with van der Waals surface area (Å²) >= 11 is 1.25. The number of rotatable bonds is 7. The van der Waals surface area contributed by atoms with E-state index < -0.39 is 0 Å². The van der Waals surface area contributed by atoms with Gasteiger partial charge in [-0.3, -0.25) is 4.79 Å². The summed E-state index contributed by atoms with van der Waals surface area (Å²) < 4.78 is 18.5. The first-order valence-corrected chi connectivity index (χ1v) is 8.25. The number of benzene rings is 1. The third-order valence-corrected chi connectivity index (χ3v) is 3.95. The SMILES string of the molecule is C=C(C)CN(CC)C(=O)CSc1ncc(-c2ccc(F)cc2)o1. The molecule has 2 aromatic rings. The molecule has 1 aromatic heterocycles. The van der Waals surface area contributed by atoms with Gasteiger partial charge in [-0.05, 0) is 38.1 Å². The summed E-state index contributed by atoms with van der Waals surface area (Å²) in [7, 11) is 0. The molecule has 122 valence electrons. The first-order chi connectivity index (χ1) is 11.0. The predicted octanol–water partition coefficient (Wildman–Crippen LogP) is 4.00. The number of oxazole rings is 1. The molecule has 0 spiro atoms. The minimum absolute atomic E-state index is 0.0158. The number of carbonyl (C=O) groups is 1. The van der Waals surface area contributed by atoms with Crippen LogP contribution in [0.3, 0.4) is 0 Å². The van der Waals surface area contributed by atoms with E-state index in [-0.39, 0.29) is 17.5 Å². The maximum absolute atomic E-state index is 12.9. The zero-order valence-electron chi connectivity index (χ0n) is 13.2. The molecule has 0 bridgehead atoms. The maximum Gasteiger partial charge on any atom is 0.256 e. The Balaban J connectivity index is 1.95. The number of amides is 1. The Morgan fingerprint density at radius 3 is 2.70 bits per heavy atom. The maximum atomic E-state index is 12.9. The number of nitrogens with zero attached hydrogens (tertiary/aromatic N) is 2. The second-order valence-electron chi connectivity index (χ2n) is 5.15. The van der Waals surface area contributed by atoms with Crippen molar-refractivity contribution in [1.82, 2.24) is 9.88 Å². The summed E-state index contributed by atoms with van der Waals surface area (Å²) in [6, 6.07) is 5.98. The lowest BCUT2D eigenvalue weighted by Gasteiger charge is -2.20. The van der Waals surface area contributed by atoms with Crippen LogP contribution in [0.15, 0.2) is 52.3 Å². The van der Waals surface area contributed by atoms with Crippen molar-refractivity contribution in [1.29, 1.82) is 0 Å². The fraction of sp³-hybridized carbons (Fsp3) is 0.294. The van der Waals surface area contributed by atoms with E-state index in [4.69, 9.17) is 4.42 Å². The van der Waals surface area contributed by atoms with Crippen LogP contribution in [0.25, 0.3) is 11.3 Å². The molecule has 23 heavy (non-hydrogen) atoms. The van der Waals surface area contributed by atoms with Crippen LogP contribution in [-0.4, -0.2) is 34.6 Å². The van der Waals surface area contributed by atoms with E-state index in [0.717, 1.165) is 11.1 Å². The molecule has 0 saturated carbocycles. The molecule has 6 heteroatoms. The Labute approximate surface area is 139 Å². The lowest BCUT2D eigenvalue weighted by Crippen LogP contribution is -2.33. The highest BCUT2D eigenvalue weighted by Crippen LogP contribution is 2.25. The average Bonchev–Trinajstić information content (AvgIpc) is 2.99. The molecule has 2 rings (SSSR count). The number of hydrogen-bond donors (Lipinski definition) is 0. The van der Waals surface area contributed by atoms with Crippen molar-refractivity contribution in [2.24, 2.45) is 0 Å². The molecule has 0 aliphatic heterocycles. The van der Waals surface area contributed by atoms with Crippen molar-refractivity contribution in [3.8, 4) is 11.3 Å². The van der Waals surface area contributed by atoms with Gasteiger partial charge in [-0.15, -0.1) is 0 Å². The molecule has 1 aromatic carbocycles. The third-order valence-electron chi connectivity index (χ3n) is 3.13. The van der Waals surface area contributed by atoms with Gasteiger partial charge in [0, 0.05) is 18.7 Å². The third kappa shape index (κ3) is 4.96. The van der Waals surface area contributed by atoms with E-state index in [1.165, 1.54) is 23.9 Å². The van der Waals surface area contributed by atoms with Crippen LogP contribution < -0.4 is 0 Å². The standard InChI is InChI=1S/C17H19FN2O2S/c1-4-20(10-12(2)3)16(21)11-23-17-19-9-15(22-17)13-5-7-14(18)8-6-13/h5-9H,2,4,10-11H2,1,3H3. The highest BCUT2D eigenvalue weighted by molar-refractivity contribution is 7.99. The van der Waals surface area contributed by atoms with Crippen molar-refractivity contribution < 1.29 is 13.6 Å². The van der Waals surface area contributed by atoms with E-state index >= 15 is 0 Å². The molecule has 0 radical (unpaired) electrons. The second kappa shape index (κ2) is 7.97. The number of halogens is 1. The fourth-order valence-electron chi connectivity index (χ4n) is 1.99. The van der Waals surface area contributed by atoms with Gasteiger partial charge in [0.1, 0.15) is 5.82 Å². The van der Waals surface area contributed by atoms with Gasteiger partial charge in [0.2, 0.25) is 5.91 Å². The van der Waals surface area contributed by atoms with Gasteiger partial charge in [0.25, 0.3) is 5.22 Å². The van der Waals surface area contributed by atoms with Gasteiger partial charge in [-0.1, -0.05) is 23.9 Å². The van der Waals surface area contributed by atoms with Crippen molar-refractivity contribution in [2.75, 3.05) is 18.8 Å². The molecule has 1 amide bonds. The van der Waals surface area contributed by atoms with Crippen LogP contribution in [0.4, 0.5) is 4.39 Å². The summed E-state index contributed by atoms with van der Waals surface area (Å²) in [5.74, 6) is 0.520. The quantitative estimate of drug-likeness (QED) is 0.567. The predicted molar refractivity (Wildman–Crippen MR) is 89.7 cm³/mol. The zero-order valence-corrected chi connectivity index (χ0v) is 14.0. The van der Waals surface area contributed by atoms with Crippen molar-refractivity contribution >= 4 is 17.7 Å². The first-order valence-electron chi connectivity index (χ1n) is 7.26. The van der Waals surface area contributed by atoms with Gasteiger partial charge >= 0.3 is 0 Å². The highest BCUT2D eigenvalue weighted by atomic mass is 32.2. The van der Waals surface area contributed by atoms with E-state index in [1.807, 2.05) is 13.8 Å². The fourth-order valence-corrected chi connectivity index (χ4v) is 2.69. The van der Waals surface area contributed by atoms with Crippen LogP contribution in [0, 0.1) is 5.82 Å². The lowest BCUT2D eigenvalue weighted by atomic mass is 10.2. The molecular formula is C17H19FN2O2S. The molecule has 4 nitrogen and oxygen atoms in total. The van der Waals surface area contributed by atoms with Gasteiger partial charge in [0.15, 0.2) is 5.76 Å². The summed E-state index contributed by atoms with van der Waals surface area (Å²) in [6.07, 6.45) is 1.57. The lowest BCUT2D eigenvalue weighted by molar-refractivity contribution is -0.127. The topological polar surface area (TPSA) is 46.3 Å². The number of aromatic nitrogens is 1. The normalized spacial score (nSPS) is 10.6. The van der Waals surface area contributed by atoms with Gasteiger partial charge in [-0.2, -0.15) is 0 Å². The Hall–Kier alpha value is -2.08. The summed E-state index contributed by atoms with van der Waals surface area (Å²) in [5, 5.41) is 0.420. The van der Waals surface area contributed by atoms with Gasteiger partial charge in [0.05, 0.1) is 11.9 Å². The summed E-state index contributed by atoms with van der Waals surface area (Å²) in [4.78, 5) is 18.0. The molecular weight excluding hydrogens is 315 g/mol. The van der Waals surface area contributed by atoms with Crippen LogP contribution in [0.2, 0.25) is 0 Å². The summed E-state index contributed by atoms with van der Waals surface area (Å²) in [6.45, 7) is 8.85. The molecule has 0 saturated heterocycles. The highest BCUT2D eigenvalue weighted by Gasteiger charge is 2.14. The molecule has 0 unspecified atom stereocenters. The van der Waals surface area contributed by atoms with E-state index in [1.54, 1.807) is 23.2 Å². The number of likely N-dealkylation sites (N-methyl/N-ethyl adjacent to an activating group) is 1. The van der Waals surface area contributed by atoms with Crippen LogP contribution in [-0.2, 0) is 4.79 Å². The van der Waals surface area contributed by atoms with Gasteiger partial charge < -0.3 is 9.32 Å². The Kier molecular flexibility index (Phi) is 5.98. The van der Waals surface area contributed by atoms with E-state index in [9.17, 15) is 9.18 Å². The Morgan fingerprint density at radius 2 is 2.09 bits per heavy atom. The Morgan fingerprint density at radius 1 is 1.39 bits per heavy atom. The zero-order chi connectivity index (χ0) is 16.8. The minimum Gasteiger partial charge on any atom is -0.431 e. The first kappa shape index (κ1) is 17.3. The minimum atomic E-state index is -0.300. The molecule has 0 fully saturated rings. The number of thioether (sulfide) groups is 1. The van der Waals surface area contributed by atoms with Crippen LogP contribution >= 0.6 is 11.8 Å². The monoisotopic (exact) mass is 334 g/mol.